The molecule has 1 fully saturated rings. The van der Waals surface area contributed by atoms with E-state index in [1.165, 1.54) is 37.1 Å². The molecule has 1 aromatic rings. The highest BCUT2D eigenvalue weighted by molar-refractivity contribution is 5.20. The van der Waals surface area contributed by atoms with Crippen LogP contribution in [0, 0.1) is 13.8 Å². The van der Waals surface area contributed by atoms with Gasteiger partial charge in [0.1, 0.15) is 5.76 Å². The van der Waals surface area contributed by atoms with E-state index in [1.807, 2.05) is 13.8 Å². The third-order valence-electron chi connectivity index (χ3n) is 4.09. The van der Waals surface area contributed by atoms with Crippen molar-refractivity contribution in [2.45, 2.75) is 53.1 Å². The minimum absolute atomic E-state index is 0.617. The molecule has 2 rings (SSSR count). The Balaban J connectivity index is 1.73. The molecule has 1 aliphatic heterocycles. The molecule has 0 saturated carbocycles. The summed E-state index contributed by atoms with van der Waals surface area (Å²) < 4.78 is 5.20. The van der Waals surface area contributed by atoms with Crippen molar-refractivity contribution < 1.29 is 4.52 Å². The molecular formula is C16H27N3O. The number of likely N-dealkylation sites (tertiary alicyclic amines) is 1. The van der Waals surface area contributed by atoms with Gasteiger partial charge in [-0.3, -0.25) is 4.90 Å². The molecule has 112 valence electrons. The predicted molar refractivity (Wildman–Crippen MR) is 81.7 cm³/mol. The number of piperidine rings is 1. The van der Waals surface area contributed by atoms with Crippen LogP contribution in [-0.2, 0) is 6.54 Å². The van der Waals surface area contributed by atoms with Gasteiger partial charge < -0.3 is 9.84 Å². The molecule has 0 unspecified atom stereocenters. The van der Waals surface area contributed by atoms with Crippen LogP contribution < -0.4 is 5.32 Å². The minimum atomic E-state index is 0.617. The normalized spacial score (nSPS) is 17.4. The maximum Gasteiger partial charge on any atom is 0.138 e. The molecule has 1 saturated heterocycles. The highest BCUT2D eigenvalue weighted by Gasteiger charge is 2.19. The topological polar surface area (TPSA) is 41.3 Å². The van der Waals surface area contributed by atoms with Gasteiger partial charge in [0, 0.05) is 24.7 Å². The first-order chi connectivity index (χ1) is 9.56. The van der Waals surface area contributed by atoms with Crippen LogP contribution in [0.5, 0.6) is 0 Å². The molecule has 1 aromatic heterocycles. The first kappa shape index (κ1) is 15.3. The Morgan fingerprint density at radius 1 is 1.35 bits per heavy atom. The minimum Gasteiger partial charge on any atom is -0.361 e. The predicted octanol–water partition coefficient (Wildman–Crippen LogP) is 2.81. The standard InChI is InChI=1S/C16H27N3O/c1-12(2)5-8-19-9-6-15(7-10-19)17-11-16-13(3)18-20-14(16)4/h5,15,17H,6-11H2,1-4H3. The Labute approximate surface area is 122 Å². The Bertz CT molecular complexity index is 433. The zero-order chi connectivity index (χ0) is 14.5. The van der Waals surface area contributed by atoms with Gasteiger partial charge >= 0.3 is 0 Å². The molecule has 20 heavy (non-hydrogen) atoms. The SMILES string of the molecule is CC(C)=CCN1CCC(NCc2c(C)noc2C)CC1. The Morgan fingerprint density at radius 2 is 2.05 bits per heavy atom. The van der Waals surface area contributed by atoms with Crippen molar-refractivity contribution in [2.75, 3.05) is 19.6 Å². The van der Waals surface area contributed by atoms with Crippen LogP contribution in [0.25, 0.3) is 0 Å². The fraction of sp³-hybridized carbons (Fsp3) is 0.688. The van der Waals surface area contributed by atoms with Gasteiger partial charge in [-0.15, -0.1) is 0 Å². The number of hydrogen-bond acceptors (Lipinski definition) is 4. The quantitative estimate of drug-likeness (QED) is 0.840. The highest BCUT2D eigenvalue weighted by Crippen LogP contribution is 2.15. The van der Waals surface area contributed by atoms with Crippen LogP contribution >= 0.6 is 0 Å². The summed E-state index contributed by atoms with van der Waals surface area (Å²) in [5.74, 6) is 0.941. The van der Waals surface area contributed by atoms with Gasteiger partial charge in [-0.25, -0.2) is 0 Å². The van der Waals surface area contributed by atoms with Crippen LogP contribution in [-0.4, -0.2) is 35.7 Å². The van der Waals surface area contributed by atoms with Crippen molar-refractivity contribution in [3.05, 3.63) is 28.7 Å². The fourth-order valence-electron chi connectivity index (χ4n) is 2.63. The van der Waals surface area contributed by atoms with Crippen LogP contribution in [0.2, 0.25) is 0 Å². The Morgan fingerprint density at radius 3 is 2.60 bits per heavy atom. The van der Waals surface area contributed by atoms with Crippen molar-refractivity contribution in [3.63, 3.8) is 0 Å². The van der Waals surface area contributed by atoms with Gasteiger partial charge in [-0.05, 0) is 53.6 Å². The Kier molecular flexibility index (Phi) is 5.38. The number of hydrogen-bond donors (Lipinski definition) is 1. The molecule has 0 aliphatic carbocycles. The molecule has 4 nitrogen and oxygen atoms in total. The molecule has 1 N–H and O–H groups in total. The number of aromatic nitrogens is 1. The lowest BCUT2D eigenvalue weighted by molar-refractivity contribution is 0.214. The lowest BCUT2D eigenvalue weighted by atomic mass is 10.0. The van der Waals surface area contributed by atoms with Crippen molar-refractivity contribution in [1.29, 1.82) is 0 Å². The first-order valence-electron chi connectivity index (χ1n) is 7.57. The second-order valence-corrected chi connectivity index (χ2v) is 6.04. The maximum absolute atomic E-state index is 5.20. The van der Waals surface area contributed by atoms with Crippen molar-refractivity contribution in [1.82, 2.24) is 15.4 Å². The van der Waals surface area contributed by atoms with Crippen molar-refractivity contribution in [3.8, 4) is 0 Å². The first-order valence-corrected chi connectivity index (χ1v) is 7.57. The molecule has 1 aliphatic rings. The van der Waals surface area contributed by atoms with E-state index < -0.39 is 0 Å². The number of aryl methyl sites for hydroxylation is 2. The molecule has 4 heteroatoms. The van der Waals surface area contributed by atoms with Gasteiger partial charge in [0.25, 0.3) is 0 Å². The third-order valence-corrected chi connectivity index (χ3v) is 4.09. The average molecular weight is 277 g/mol. The van der Waals surface area contributed by atoms with Crippen LogP contribution in [0.3, 0.4) is 0 Å². The van der Waals surface area contributed by atoms with Gasteiger partial charge in [0.05, 0.1) is 5.69 Å². The largest absolute Gasteiger partial charge is 0.361 e. The smallest absolute Gasteiger partial charge is 0.138 e. The maximum atomic E-state index is 5.20. The second kappa shape index (κ2) is 7.04. The molecule has 0 radical (unpaired) electrons. The third kappa shape index (κ3) is 4.18. The molecule has 0 aromatic carbocycles. The van der Waals surface area contributed by atoms with Crippen LogP contribution in [0.15, 0.2) is 16.2 Å². The van der Waals surface area contributed by atoms with Crippen LogP contribution in [0.1, 0.15) is 43.7 Å². The summed E-state index contributed by atoms with van der Waals surface area (Å²) in [7, 11) is 0. The van der Waals surface area contributed by atoms with Crippen LogP contribution in [0.4, 0.5) is 0 Å². The zero-order valence-corrected chi connectivity index (χ0v) is 13.2. The van der Waals surface area contributed by atoms with E-state index in [4.69, 9.17) is 4.52 Å². The van der Waals surface area contributed by atoms with E-state index >= 15 is 0 Å². The summed E-state index contributed by atoms with van der Waals surface area (Å²) in [5.41, 5.74) is 3.64. The number of rotatable bonds is 5. The molecule has 0 bridgehead atoms. The second-order valence-electron chi connectivity index (χ2n) is 6.04. The van der Waals surface area contributed by atoms with Gasteiger partial charge in [0.15, 0.2) is 0 Å². The highest BCUT2D eigenvalue weighted by atomic mass is 16.5. The monoisotopic (exact) mass is 277 g/mol. The molecule has 0 amide bonds. The lowest BCUT2D eigenvalue weighted by Crippen LogP contribution is -2.42. The summed E-state index contributed by atoms with van der Waals surface area (Å²) in [6, 6.07) is 0.617. The molecule has 0 atom stereocenters. The lowest BCUT2D eigenvalue weighted by Gasteiger charge is -2.31. The molecule has 2 heterocycles. The zero-order valence-electron chi connectivity index (χ0n) is 13.2. The number of allylic oxidation sites excluding steroid dienone is 1. The fourth-order valence-corrected chi connectivity index (χ4v) is 2.63. The van der Waals surface area contributed by atoms with E-state index in [-0.39, 0.29) is 0 Å². The van der Waals surface area contributed by atoms with Crippen molar-refractivity contribution >= 4 is 0 Å². The van der Waals surface area contributed by atoms with Crippen molar-refractivity contribution in [2.24, 2.45) is 0 Å². The number of nitrogens with one attached hydrogen (secondary N) is 1. The van der Waals surface area contributed by atoms with Gasteiger partial charge in [-0.2, -0.15) is 0 Å². The summed E-state index contributed by atoms with van der Waals surface area (Å²) in [4.78, 5) is 2.53. The summed E-state index contributed by atoms with van der Waals surface area (Å²) >= 11 is 0. The summed E-state index contributed by atoms with van der Waals surface area (Å²) in [6.45, 7) is 12.7. The summed E-state index contributed by atoms with van der Waals surface area (Å²) in [6.07, 6.45) is 4.76. The average Bonchev–Trinajstić information content (AvgIpc) is 2.75. The van der Waals surface area contributed by atoms with E-state index in [0.29, 0.717) is 6.04 Å². The van der Waals surface area contributed by atoms with E-state index in [9.17, 15) is 0 Å². The summed E-state index contributed by atoms with van der Waals surface area (Å²) in [5, 5.41) is 7.65. The molecule has 0 spiro atoms. The van der Waals surface area contributed by atoms with E-state index in [1.54, 1.807) is 0 Å². The molecular weight excluding hydrogens is 250 g/mol. The van der Waals surface area contributed by atoms with E-state index in [2.05, 4.69) is 35.3 Å². The van der Waals surface area contributed by atoms with Gasteiger partial charge in [-0.1, -0.05) is 16.8 Å². The Hall–Kier alpha value is -1.13. The van der Waals surface area contributed by atoms with Gasteiger partial charge in [0.2, 0.25) is 0 Å². The van der Waals surface area contributed by atoms with E-state index in [0.717, 1.165) is 24.5 Å². The number of nitrogens with zero attached hydrogens (tertiary/aromatic N) is 2.